The Hall–Kier alpha value is -0.610. The summed E-state index contributed by atoms with van der Waals surface area (Å²) < 4.78 is 16.4. The molecule has 0 aliphatic heterocycles. The van der Waals surface area contributed by atoms with Gasteiger partial charge in [0, 0.05) is 12.6 Å². The first-order chi connectivity index (χ1) is 9.96. The summed E-state index contributed by atoms with van der Waals surface area (Å²) in [5, 5.41) is -0.184. The first kappa shape index (κ1) is 15.3. The number of imidazole rings is 1. The summed E-state index contributed by atoms with van der Waals surface area (Å²) in [4.78, 5) is 4.56. The van der Waals surface area contributed by atoms with E-state index in [1.807, 2.05) is 13.0 Å². The van der Waals surface area contributed by atoms with Crippen molar-refractivity contribution in [3.63, 3.8) is 0 Å². The number of rotatable bonds is 5. The fourth-order valence-corrected chi connectivity index (χ4v) is 3.64. The molecular formula is C16H19BrClFN2. The predicted octanol–water partition coefficient (Wildman–Crippen LogP) is 5.82. The average Bonchev–Trinajstić information content (AvgIpc) is 3.09. The van der Waals surface area contributed by atoms with Gasteiger partial charge in [-0.15, -0.1) is 11.6 Å². The highest BCUT2D eigenvalue weighted by Crippen LogP contribution is 2.51. The monoisotopic (exact) mass is 372 g/mol. The van der Waals surface area contributed by atoms with Crippen molar-refractivity contribution in [3.05, 3.63) is 28.2 Å². The number of halogens is 3. The highest BCUT2D eigenvalue weighted by molar-refractivity contribution is 9.10. The van der Waals surface area contributed by atoms with Crippen LogP contribution >= 0.6 is 27.5 Å². The van der Waals surface area contributed by atoms with Crippen LogP contribution in [0.15, 0.2) is 16.6 Å². The average molecular weight is 374 g/mol. The Morgan fingerprint density at radius 2 is 2.19 bits per heavy atom. The van der Waals surface area contributed by atoms with Crippen molar-refractivity contribution in [1.82, 2.24) is 9.55 Å². The fourth-order valence-electron chi connectivity index (χ4n) is 3.14. The molecule has 0 radical (unpaired) electrons. The minimum Gasteiger partial charge on any atom is -0.326 e. The molecule has 0 spiro atoms. The van der Waals surface area contributed by atoms with E-state index in [0.717, 1.165) is 17.9 Å². The Balaban J connectivity index is 2.10. The van der Waals surface area contributed by atoms with E-state index in [4.69, 9.17) is 11.6 Å². The van der Waals surface area contributed by atoms with Gasteiger partial charge in [-0.3, -0.25) is 0 Å². The van der Waals surface area contributed by atoms with E-state index < -0.39 is 0 Å². The van der Waals surface area contributed by atoms with Crippen LogP contribution in [0.25, 0.3) is 11.0 Å². The summed E-state index contributed by atoms with van der Waals surface area (Å²) in [6, 6.07) is 3.31. The van der Waals surface area contributed by atoms with Gasteiger partial charge >= 0.3 is 0 Å². The lowest BCUT2D eigenvalue weighted by atomic mass is 10.0. The Kier molecular flexibility index (Phi) is 4.04. The molecule has 2 nitrogen and oxygen atoms in total. The number of benzene rings is 1. The first-order valence-electron chi connectivity index (χ1n) is 7.45. The van der Waals surface area contributed by atoms with E-state index in [1.54, 1.807) is 0 Å². The largest absolute Gasteiger partial charge is 0.326 e. The molecule has 1 aromatic heterocycles. The van der Waals surface area contributed by atoms with Gasteiger partial charge < -0.3 is 4.57 Å². The number of aromatic nitrogens is 2. The first-order valence-corrected chi connectivity index (χ1v) is 8.68. The number of hydrogen-bond donors (Lipinski definition) is 0. The molecule has 1 unspecified atom stereocenters. The maximum Gasteiger partial charge on any atom is 0.139 e. The van der Waals surface area contributed by atoms with Gasteiger partial charge in [0.1, 0.15) is 11.6 Å². The molecular weight excluding hydrogens is 355 g/mol. The van der Waals surface area contributed by atoms with Crippen LogP contribution in [0.4, 0.5) is 4.39 Å². The van der Waals surface area contributed by atoms with Crippen LogP contribution in [0.1, 0.15) is 50.7 Å². The van der Waals surface area contributed by atoms with Crippen LogP contribution in [-0.4, -0.2) is 9.55 Å². The summed E-state index contributed by atoms with van der Waals surface area (Å²) in [5.41, 5.74) is 2.04. The normalized spacial score (nSPS) is 18.1. The molecule has 0 bridgehead atoms. The minimum atomic E-state index is -0.282. The molecule has 1 atom stereocenters. The summed E-state index contributed by atoms with van der Waals surface area (Å²) in [7, 11) is 0. The van der Waals surface area contributed by atoms with Crippen molar-refractivity contribution in [3.8, 4) is 0 Å². The third-order valence-electron chi connectivity index (χ3n) is 4.41. The molecule has 5 heteroatoms. The van der Waals surface area contributed by atoms with E-state index in [2.05, 4.69) is 32.4 Å². The van der Waals surface area contributed by atoms with Gasteiger partial charge in [-0.05, 0) is 53.6 Å². The zero-order chi connectivity index (χ0) is 15.2. The van der Waals surface area contributed by atoms with Crippen molar-refractivity contribution in [2.24, 2.45) is 5.41 Å². The molecule has 1 saturated carbocycles. The summed E-state index contributed by atoms with van der Waals surface area (Å²) in [6.07, 6.45) is 4.94. The molecule has 0 amide bonds. The quantitative estimate of drug-likeness (QED) is 0.604. The predicted molar refractivity (Wildman–Crippen MR) is 88.2 cm³/mol. The maximum absolute atomic E-state index is 13.7. The molecule has 1 fully saturated rings. The molecule has 1 aliphatic carbocycles. The maximum atomic E-state index is 13.7. The van der Waals surface area contributed by atoms with Gasteiger partial charge in [-0.2, -0.15) is 0 Å². The van der Waals surface area contributed by atoms with Gasteiger partial charge in [0.25, 0.3) is 0 Å². The summed E-state index contributed by atoms with van der Waals surface area (Å²) in [5.74, 6) is 0.558. The van der Waals surface area contributed by atoms with E-state index >= 15 is 0 Å². The molecule has 0 N–H and O–H groups in total. The molecule has 1 aliphatic rings. The van der Waals surface area contributed by atoms with E-state index in [-0.39, 0.29) is 11.2 Å². The molecule has 1 aromatic carbocycles. The Bertz CT molecular complexity index is 676. The van der Waals surface area contributed by atoms with Crippen molar-refractivity contribution < 1.29 is 4.39 Å². The lowest BCUT2D eigenvalue weighted by Crippen LogP contribution is -2.14. The van der Waals surface area contributed by atoms with E-state index in [1.165, 1.54) is 31.7 Å². The topological polar surface area (TPSA) is 17.8 Å². The zero-order valence-electron chi connectivity index (χ0n) is 12.3. The molecule has 21 heavy (non-hydrogen) atoms. The lowest BCUT2D eigenvalue weighted by Gasteiger charge is -2.18. The van der Waals surface area contributed by atoms with Gasteiger partial charge in [0.05, 0.1) is 20.9 Å². The molecule has 2 aromatic rings. The number of nitrogens with zero attached hydrogens (tertiary/aromatic N) is 2. The molecule has 1 heterocycles. The summed E-state index contributed by atoms with van der Waals surface area (Å²) in [6.45, 7) is 5.08. The highest BCUT2D eigenvalue weighted by Gasteiger charge is 2.42. The second-order valence-corrected chi connectivity index (χ2v) is 7.69. The number of fused-ring (bicyclic) bond motifs is 1. The second kappa shape index (κ2) is 5.54. The van der Waals surface area contributed by atoms with Crippen LogP contribution in [0.5, 0.6) is 0 Å². The number of hydrogen-bond acceptors (Lipinski definition) is 1. The molecule has 3 rings (SSSR count). The standard InChI is InChI=1S/C16H19BrClFN2/c1-3-4-16(5-6-16)9-21-14-7-11(17)12(19)8-13(14)20-15(21)10(2)18/h7-8,10H,3-6,9H2,1-2H3. The minimum absolute atomic E-state index is 0.184. The Morgan fingerprint density at radius 3 is 2.76 bits per heavy atom. The van der Waals surface area contributed by atoms with Gasteiger partial charge in [-0.1, -0.05) is 13.3 Å². The van der Waals surface area contributed by atoms with E-state index in [9.17, 15) is 4.39 Å². The van der Waals surface area contributed by atoms with Crippen LogP contribution in [0.3, 0.4) is 0 Å². The van der Waals surface area contributed by atoms with Crippen molar-refractivity contribution in [2.45, 2.75) is 51.5 Å². The van der Waals surface area contributed by atoms with Crippen LogP contribution < -0.4 is 0 Å². The van der Waals surface area contributed by atoms with Crippen molar-refractivity contribution >= 4 is 38.6 Å². The smallest absolute Gasteiger partial charge is 0.139 e. The van der Waals surface area contributed by atoms with Crippen LogP contribution in [-0.2, 0) is 6.54 Å². The fraction of sp³-hybridized carbons (Fsp3) is 0.562. The highest BCUT2D eigenvalue weighted by atomic mass is 79.9. The second-order valence-electron chi connectivity index (χ2n) is 6.18. The lowest BCUT2D eigenvalue weighted by molar-refractivity contribution is 0.387. The van der Waals surface area contributed by atoms with Crippen molar-refractivity contribution in [1.29, 1.82) is 0 Å². The summed E-state index contributed by atoms with van der Waals surface area (Å²) >= 11 is 9.57. The van der Waals surface area contributed by atoms with Gasteiger partial charge in [-0.25, -0.2) is 9.37 Å². The van der Waals surface area contributed by atoms with Gasteiger partial charge in [0.2, 0.25) is 0 Å². The Labute approximate surface area is 137 Å². The van der Waals surface area contributed by atoms with Crippen molar-refractivity contribution in [2.75, 3.05) is 0 Å². The third kappa shape index (κ3) is 2.85. The van der Waals surface area contributed by atoms with E-state index in [0.29, 0.717) is 15.4 Å². The van der Waals surface area contributed by atoms with Gasteiger partial charge in [0.15, 0.2) is 0 Å². The SMILES string of the molecule is CCCC1(Cn2c(C(C)Cl)nc3cc(F)c(Br)cc32)CC1. The molecule has 0 saturated heterocycles. The van der Waals surface area contributed by atoms with Crippen LogP contribution in [0, 0.1) is 11.2 Å². The third-order valence-corrected chi connectivity index (χ3v) is 5.21. The number of alkyl halides is 1. The zero-order valence-corrected chi connectivity index (χ0v) is 14.6. The Morgan fingerprint density at radius 1 is 1.48 bits per heavy atom. The molecule has 114 valence electrons. The van der Waals surface area contributed by atoms with Crippen LogP contribution in [0.2, 0.25) is 0 Å².